The van der Waals surface area contributed by atoms with Crippen molar-refractivity contribution in [1.29, 1.82) is 0 Å². The molecule has 0 saturated heterocycles. The van der Waals surface area contributed by atoms with Crippen molar-refractivity contribution in [3.8, 4) is 28.7 Å². The Hall–Kier alpha value is -2.56. The Morgan fingerprint density at radius 3 is 2.29 bits per heavy atom. The normalized spacial score (nSPS) is 20.9. The second-order valence-electron chi connectivity index (χ2n) is 8.68. The Labute approximate surface area is 185 Å². The second-order valence-corrected chi connectivity index (χ2v) is 8.68. The minimum absolute atomic E-state index is 0.180. The topological polar surface area (TPSA) is 46.2 Å². The van der Waals surface area contributed by atoms with E-state index < -0.39 is 0 Å². The molecule has 1 aliphatic carbocycles. The van der Waals surface area contributed by atoms with E-state index in [-0.39, 0.29) is 11.5 Å². The summed E-state index contributed by atoms with van der Waals surface area (Å²) in [5, 5.41) is 0. The lowest BCUT2D eigenvalue weighted by Crippen LogP contribution is -2.46. The van der Waals surface area contributed by atoms with E-state index in [9.17, 15) is 0 Å². The van der Waals surface area contributed by atoms with Gasteiger partial charge in [-0.3, -0.25) is 0 Å². The minimum Gasteiger partial charge on any atom is -0.496 e. The Bertz CT molecular complexity index is 938. The molecule has 2 aliphatic rings. The molecule has 1 heterocycles. The molecule has 0 N–H and O–H groups in total. The third-order valence-corrected chi connectivity index (χ3v) is 6.80. The van der Waals surface area contributed by atoms with Crippen molar-refractivity contribution in [2.75, 3.05) is 28.4 Å². The first-order chi connectivity index (χ1) is 15.1. The molecule has 168 valence electrons. The van der Waals surface area contributed by atoms with Gasteiger partial charge < -0.3 is 23.7 Å². The van der Waals surface area contributed by atoms with Crippen molar-refractivity contribution in [3.05, 3.63) is 41.0 Å². The summed E-state index contributed by atoms with van der Waals surface area (Å²) in [5.74, 6) is 4.15. The van der Waals surface area contributed by atoms with E-state index in [0.29, 0.717) is 0 Å². The number of fused-ring (bicyclic) bond motifs is 6. The highest BCUT2D eigenvalue weighted by atomic mass is 16.5. The minimum atomic E-state index is -0.227. The molecule has 31 heavy (non-hydrogen) atoms. The van der Waals surface area contributed by atoms with E-state index in [1.54, 1.807) is 28.4 Å². The molecule has 0 aromatic heterocycles. The molecule has 0 fully saturated rings. The van der Waals surface area contributed by atoms with Gasteiger partial charge in [0.25, 0.3) is 0 Å². The molecule has 0 spiro atoms. The smallest absolute Gasteiger partial charge is 0.161 e. The Morgan fingerprint density at radius 2 is 1.61 bits per heavy atom. The molecule has 2 aromatic carbocycles. The van der Waals surface area contributed by atoms with Gasteiger partial charge in [-0.1, -0.05) is 26.2 Å². The van der Waals surface area contributed by atoms with Gasteiger partial charge in [-0.15, -0.1) is 0 Å². The standard InChI is InChI=1S/C26H34O5/c1-6-7-8-9-10-26-15-17-11-21(28-3)22(29-4)14-19(17)20(16-26)25-23(30-5)12-18(27-2)13-24(25)31-26/h11-14,20H,6-10,15-16H2,1-5H3/t20-,26-/m0/s1. The van der Waals surface area contributed by atoms with E-state index in [0.717, 1.165) is 53.6 Å². The van der Waals surface area contributed by atoms with Crippen LogP contribution in [-0.2, 0) is 6.42 Å². The van der Waals surface area contributed by atoms with Gasteiger partial charge in [0.1, 0.15) is 22.8 Å². The SMILES string of the molecule is CCCCCC[C@]12Cc3cc(OC)c(OC)cc3[C@H](C1)c1c(OC)cc(OC)cc1O2. The predicted molar refractivity (Wildman–Crippen MR) is 121 cm³/mol. The van der Waals surface area contributed by atoms with Crippen LogP contribution in [0.5, 0.6) is 28.7 Å². The summed E-state index contributed by atoms with van der Waals surface area (Å²) in [4.78, 5) is 0. The van der Waals surface area contributed by atoms with Crippen LogP contribution >= 0.6 is 0 Å². The molecule has 5 nitrogen and oxygen atoms in total. The molecule has 0 unspecified atom stereocenters. The number of hydrogen-bond donors (Lipinski definition) is 0. The third kappa shape index (κ3) is 3.90. The second kappa shape index (κ2) is 8.89. The number of benzene rings is 2. The lowest BCUT2D eigenvalue weighted by Gasteiger charge is -2.47. The van der Waals surface area contributed by atoms with Gasteiger partial charge in [-0.05, 0) is 42.5 Å². The van der Waals surface area contributed by atoms with Crippen LogP contribution in [-0.4, -0.2) is 34.0 Å². The Balaban J connectivity index is 1.84. The summed E-state index contributed by atoms with van der Waals surface area (Å²) in [6.07, 6.45) is 7.74. The van der Waals surface area contributed by atoms with Gasteiger partial charge in [0, 0.05) is 30.0 Å². The monoisotopic (exact) mass is 426 g/mol. The van der Waals surface area contributed by atoms with Crippen LogP contribution in [0.25, 0.3) is 0 Å². The quantitative estimate of drug-likeness (QED) is 0.467. The molecule has 4 rings (SSSR count). The highest BCUT2D eigenvalue weighted by Gasteiger charge is 2.47. The zero-order valence-electron chi connectivity index (χ0n) is 19.4. The zero-order valence-corrected chi connectivity index (χ0v) is 19.4. The highest BCUT2D eigenvalue weighted by Crippen LogP contribution is 2.56. The van der Waals surface area contributed by atoms with Crippen LogP contribution in [0.15, 0.2) is 24.3 Å². The molecule has 2 bridgehead atoms. The Kier molecular flexibility index (Phi) is 6.22. The number of rotatable bonds is 9. The first-order valence-corrected chi connectivity index (χ1v) is 11.3. The maximum atomic E-state index is 6.81. The van der Waals surface area contributed by atoms with Crippen molar-refractivity contribution in [3.63, 3.8) is 0 Å². The van der Waals surface area contributed by atoms with Crippen molar-refractivity contribution >= 4 is 0 Å². The average Bonchev–Trinajstić information content (AvgIpc) is 2.80. The molecule has 5 heteroatoms. The summed E-state index contributed by atoms with van der Waals surface area (Å²) in [6, 6.07) is 8.23. The van der Waals surface area contributed by atoms with Gasteiger partial charge in [-0.2, -0.15) is 0 Å². The highest BCUT2D eigenvalue weighted by molar-refractivity contribution is 5.61. The molecule has 2 aromatic rings. The number of ether oxygens (including phenoxy) is 5. The van der Waals surface area contributed by atoms with Crippen LogP contribution < -0.4 is 23.7 Å². The Morgan fingerprint density at radius 1 is 0.871 bits per heavy atom. The van der Waals surface area contributed by atoms with Crippen LogP contribution in [0, 0.1) is 0 Å². The maximum absolute atomic E-state index is 6.81. The fraction of sp³-hybridized carbons (Fsp3) is 0.538. The number of hydrogen-bond acceptors (Lipinski definition) is 5. The summed E-state index contributed by atoms with van der Waals surface area (Å²) < 4.78 is 29.4. The predicted octanol–water partition coefficient (Wildman–Crippen LogP) is 5.90. The van der Waals surface area contributed by atoms with E-state index in [2.05, 4.69) is 19.1 Å². The van der Waals surface area contributed by atoms with E-state index >= 15 is 0 Å². The summed E-state index contributed by atoms with van der Waals surface area (Å²) in [6.45, 7) is 2.25. The summed E-state index contributed by atoms with van der Waals surface area (Å²) in [7, 11) is 6.77. The largest absolute Gasteiger partial charge is 0.496 e. The summed E-state index contributed by atoms with van der Waals surface area (Å²) in [5.41, 5.74) is 3.42. The molecule has 0 saturated carbocycles. The fourth-order valence-electron chi connectivity index (χ4n) is 5.29. The molecular formula is C26H34O5. The summed E-state index contributed by atoms with van der Waals surface area (Å²) >= 11 is 0. The molecule has 0 amide bonds. The van der Waals surface area contributed by atoms with Crippen molar-refractivity contribution in [2.45, 2.75) is 63.4 Å². The first-order valence-electron chi connectivity index (χ1n) is 11.3. The molecule has 1 aliphatic heterocycles. The fourth-order valence-corrected chi connectivity index (χ4v) is 5.29. The number of methoxy groups -OCH3 is 4. The molecule has 0 radical (unpaired) electrons. The van der Waals surface area contributed by atoms with Gasteiger partial charge in [0.15, 0.2) is 11.5 Å². The van der Waals surface area contributed by atoms with Gasteiger partial charge in [0.05, 0.1) is 28.4 Å². The lowest BCUT2D eigenvalue weighted by molar-refractivity contribution is 0.0206. The van der Waals surface area contributed by atoms with E-state index in [4.69, 9.17) is 23.7 Å². The molecular weight excluding hydrogens is 392 g/mol. The van der Waals surface area contributed by atoms with Crippen LogP contribution in [0.4, 0.5) is 0 Å². The van der Waals surface area contributed by atoms with Gasteiger partial charge >= 0.3 is 0 Å². The van der Waals surface area contributed by atoms with Crippen LogP contribution in [0.3, 0.4) is 0 Å². The lowest BCUT2D eigenvalue weighted by atomic mass is 9.67. The average molecular weight is 427 g/mol. The maximum Gasteiger partial charge on any atom is 0.161 e. The number of unbranched alkanes of at least 4 members (excludes halogenated alkanes) is 3. The third-order valence-electron chi connectivity index (χ3n) is 6.80. The molecule has 2 atom stereocenters. The van der Waals surface area contributed by atoms with Crippen molar-refractivity contribution < 1.29 is 23.7 Å². The van der Waals surface area contributed by atoms with Crippen molar-refractivity contribution in [1.82, 2.24) is 0 Å². The van der Waals surface area contributed by atoms with Crippen LogP contribution in [0.1, 0.15) is 68.1 Å². The van der Waals surface area contributed by atoms with Gasteiger partial charge in [-0.25, -0.2) is 0 Å². The van der Waals surface area contributed by atoms with Gasteiger partial charge in [0.2, 0.25) is 0 Å². The zero-order chi connectivity index (χ0) is 22.0. The van der Waals surface area contributed by atoms with Crippen molar-refractivity contribution in [2.24, 2.45) is 0 Å². The van der Waals surface area contributed by atoms with E-state index in [1.165, 1.54) is 36.8 Å². The first kappa shape index (κ1) is 21.7. The van der Waals surface area contributed by atoms with E-state index in [1.807, 2.05) is 12.1 Å². The van der Waals surface area contributed by atoms with Crippen LogP contribution in [0.2, 0.25) is 0 Å².